The van der Waals surface area contributed by atoms with Gasteiger partial charge in [-0.1, -0.05) is 188 Å². The lowest BCUT2D eigenvalue weighted by Gasteiger charge is -2.34. The molecule has 362 valence electrons. The molecular formula is C72H44BN3O2. The number of nitrogens with zero attached hydrogens (tertiary/aromatic N) is 3. The van der Waals surface area contributed by atoms with Crippen LogP contribution in [0.3, 0.4) is 0 Å². The number of rotatable bonds is 6. The summed E-state index contributed by atoms with van der Waals surface area (Å²) in [7, 11) is 0. The van der Waals surface area contributed by atoms with Crippen LogP contribution in [0.2, 0.25) is 0 Å². The average Bonchev–Trinajstić information content (AvgIpc) is 4.17. The lowest BCUT2D eigenvalue weighted by Crippen LogP contribution is -2.53. The molecule has 0 aliphatic carbocycles. The molecule has 0 atom stereocenters. The third kappa shape index (κ3) is 6.20. The van der Waals surface area contributed by atoms with Crippen LogP contribution >= 0.6 is 0 Å². The third-order valence-electron chi connectivity index (χ3n) is 16.5. The van der Waals surface area contributed by atoms with Gasteiger partial charge in [0.1, 0.15) is 17.2 Å². The van der Waals surface area contributed by atoms with E-state index >= 15 is 0 Å². The molecule has 0 bridgehead atoms. The smallest absolute Gasteiger partial charge is 0.434 e. The molecule has 0 saturated carbocycles. The molecule has 3 aromatic heterocycles. The number of hydrogen-bond donors (Lipinski definition) is 0. The molecule has 17 rings (SSSR count). The Morgan fingerprint density at radius 3 is 1.04 bits per heavy atom. The summed E-state index contributed by atoms with van der Waals surface area (Å²) >= 11 is 0. The van der Waals surface area contributed by atoms with Gasteiger partial charge < -0.3 is 23.1 Å². The number of hydrogen-bond acceptors (Lipinski definition) is 2. The minimum absolute atomic E-state index is 0.433. The monoisotopic (exact) mass is 993 g/mol. The van der Waals surface area contributed by atoms with Gasteiger partial charge in [-0.3, -0.25) is 0 Å². The molecule has 0 saturated heterocycles. The van der Waals surface area contributed by atoms with Crippen molar-refractivity contribution in [1.29, 1.82) is 0 Å². The van der Waals surface area contributed by atoms with Gasteiger partial charge in [0.25, 0.3) is 0 Å². The quantitative estimate of drug-likeness (QED) is 0.156. The first-order valence-electron chi connectivity index (χ1n) is 26.8. The summed E-state index contributed by atoms with van der Waals surface area (Å²) in [5.41, 5.74) is 21.0. The third-order valence-corrected chi connectivity index (χ3v) is 16.5. The lowest BCUT2D eigenvalue weighted by molar-refractivity contribution is 0.480. The SMILES string of the molecule is c1ccc(-n2c3ccccc3c3ccccc32)c(-c2ccc3c(c2)Oc2cc(-c4ccccc4-n4c5ccccc5c5ccccc54)cc4c2B3Oc2cc(-c3ccccc3-n3c5ccccc5c5ccccc53)ccc2-4)c1. The minimum atomic E-state index is -0.433. The van der Waals surface area contributed by atoms with Crippen molar-refractivity contribution in [3.63, 3.8) is 0 Å². The van der Waals surface area contributed by atoms with Crippen LogP contribution in [0.25, 0.3) is 127 Å². The van der Waals surface area contributed by atoms with E-state index in [0.717, 1.165) is 101 Å². The maximum Gasteiger partial charge on any atom is 0.434 e. The van der Waals surface area contributed by atoms with E-state index in [-0.39, 0.29) is 0 Å². The minimum Gasteiger partial charge on any atom is -0.551 e. The van der Waals surface area contributed by atoms with E-state index in [4.69, 9.17) is 9.39 Å². The first-order valence-corrected chi connectivity index (χ1v) is 26.8. The average molecular weight is 994 g/mol. The van der Waals surface area contributed by atoms with Crippen LogP contribution in [0.15, 0.2) is 267 Å². The Labute approximate surface area is 449 Å². The fourth-order valence-electron chi connectivity index (χ4n) is 13.2. The number of fused-ring (bicyclic) bond motifs is 13. The molecular weight excluding hydrogens is 950 g/mol. The molecule has 2 aliphatic rings. The van der Waals surface area contributed by atoms with Crippen LogP contribution in [-0.2, 0) is 0 Å². The standard InChI is InChI=1S/C72H44BN3O2/c1-10-28-60(74-63-31-13-4-22-51(63)52-23-5-14-32-64(52)74)48(19-1)45-37-39-57-58-41-47(50-21-3-12-30-62(50)76-67-35-17-8-26-55(67)56-27-9-18-36-68(56)76)44-71-72(58)73(78-69(57)42-45)59-40-38-46(43-70(59)77-71)49-20-2-11-29-61(49)75-65-33-15-6-24-53(65)54-25-7-16-34-66(54)75/h1-44H. The van der Waals surface area contributed by atoms with Gasteiger partial charge in [-0.05, 0) is 101 Å². The predicted molar refractivity (Wildman–Crippen MR) is 323 cm³/mol. The number of para-hydroxylation sites is 9. The number of benzene rings is 12. The molecule has 0 N–H and O–H groups in total. The molecule has 15 aromatic rings. The van der Waals surface area contributed by atoms with Gasteiger partial charge in [0.2, 0.25) is 0 Å². The molecule has 2 aliphatic heterocycles. The molecule has 5 nitrogen and oxygen atoms in total. The summed E-state index contributed by atoms with van der Waals surface area (Å²) in [6.45, 7) is -0.433. The zero-order valence-corrected chi connectivity index (χ0v) is 42.1. The lowest BCUT2D eigenvalue weighted by atomic mass is 9.50. The van der Waals surface area contributed by atoms with Gasteiger partial charge in [0.15, 0.2) is 0 Å². The summed E-state index contributed by atoms with van der Waals surface area (Å²) in [6, 6.07) is 96.6. The van der Waals surface area contributed by atoms with Gasteiger partial charge in [-0.15, -0.1) is 0 Å². The van der Waals surface area contributed by atoms with E-state index in [1.165, 1.54) is 54.4 Å². The van der Waals surface area contributed by atoms with E-state index in [0.29, 0.717) is 0 Å². The summed E-state index contributed by atoms with van der Waals surface area (Å²) in [6.07, 6.45) is 0. The summed E-state index contributed by atoms with van der Waals surface area (Å²) in [4.78, 5) is 0. The van der Waals surface area contributed by atoms with Crippen molar-refractivity contribution in [2.75, 3.05) is 0 Å². The largest absolute Gasteiger partial charge is 0.551 e. The molecule has 0 unspecified atom stereocenters. The topological polar surface area (TPSA) is 33.2 Å². The van der Waals surface area contributed by atoms with Crippen molar-refractivity contribution in [3.05, 3.63) is 267 Å². The van der Waals surface area contributed by atoms with Crippen LogP contribution in [0.5, 0.6) is 17.2 Å². The van der Waals surface area contributed by atoms with Crippen molar-refractivity contribution in [1.82, 2.24) is 13.7 Å². The van der Waals surface area contributed by atoms with E-state index in [1.54, 1.807) is 0 Å². The van der Waals surface area contributed by atoms with Crippen LogP contribution in [-0.4, -0.2) is 20.6 Å². The van der Waals surface area contributed by atoms with E-state index in [2.05, 4.69) is 281 Å². The fraction of sp³-hybridized carbons (Fsp3) is 0. The molecule has 78 heavy (non-hydrogen) atoms. The highest BCUT2D eigenvalue weighted by Gasteiger charge is 2.42. The van der Waals surface area contributed by atoms with E-state index in [9.17, 15) is 0 Å². The predicted octanol–water partition coefficient (Wildman–Crippen LogP) is 17.2. The Balaban J connectivity index is 0.865. The molecule has 0 spiro atoms. The second-order valence-corrected chi connectivity index (χ2v) is 20.7. The van der Waals surface area contributed by atoms with Gasteiger partial charge in [-0.25, -0.2) is 0 Å². The Morgan fingerprint density at radius 2 is 0.603 bits per heavy atom. The van der Waals surface area contributed by atoms with Gasteiger partial charge >= 0.3 is 6.92 Å². The van der Waals surface area contributed by atoms with Gasteiger partial charge in [-0.2, -0.15) is 0 Å². The summed E-state index contributed by atoms with van der Waals surface area (Å²) in [5.74, 6) is 2.39. The van der Waals surface area contributed by atoms with Gasteiger partial charge in [0.05, 0.1) is 50.2 Å². The molecule has 0 radical (unpaired) electrons. The fourth-order valence-corrected chi connectivity index (χ4v) is 13.2. The highest BCUT2D eigenvalue weighted by Crippen LogP contribution is 2.47. The second-order valence-electron chi connectivity index (χ2n) is 20.7. The van der Waals surface area contributed by atoms with Crippen molar-refractivity contribution in [2.45, 2.75) is 0 Å². The Hall–Kier alpha value is -10.3. The zero-order valence-electron chi connectivity index (χ0n) is 42.1. The second kappa shape index (κ2) is 16.6. The molecule has 0 amide bonds. The van der Waals surface area contributed by atoms with Crippen molar-refractivity contribution in [3.8, 4) is 78.8 Å². The van der Waals surface area contributed by atoms with Crippen LogP contribution in [0.4, 0.5) is 0 Å². The van der Waals surface area contributed by atoms with Crippen molar-refractivity contribution in [2.24, 2.45) is 0 Å². The first-order chi connectivity index (χ1) is 38.7. The highest BCUT2D eigenvalue weighted by atomic mass is 16.5. The van der Waals surface area contributed by atoms with E-state index in [1.807, 2.05) is 0 Å². The Bertz CT molecular complexity index is 4860. The molecule has 5 heterocycles. The summed E-state index contributed by atoms with van der Waals surface area (Å²) in [5, 5.41) is 7.37. The number of aromatic nitrogens is 3. The molecule has 0 fully saturated rings. The van der Waals surface area contributed by atoms with Crippen LogP contribution in [0.1, 0.15) is 0 Å². The Kier molecular flexibility index (Phi) is 9.15. The van der Waals surface area contributed by atoms with E-state index < -0.39 is 6.92 Å². The molecule has 12 aromatic carbocycles. The van der Waals surface area contributed by atoms with Crippen LogP contribution < -0.4 is 20.3 Å². The normalized spacial score (nSPS) is 12.5. The Morgan fingerprint density at radius 1 is 0.256 bits per heavy atom. The van der Waals surface area contributed by atoms with Crippen molar-refractivity contribution < 1.29 is 9.39 Å². The van der Waals surface area contributed by atoms with Crippen LogP contribution in [0, 0.1) is 0 Å². The maximum absolute atomic E-state index is 7.45. The first kappa shape index (κ1) is 43.0. The summed E-state index contributed by atoms with van der Waals surface area (Å²) < 4.78 is 22.0. The molecule has 6 heteroatoms. The van der Waals surface area contributed by atoms with Gasteiger partial charge in [0, 0.05) is 65.5 Å². The highest BCUT2D eigenvalue weighted by molar-refractivity contribution is 6.84. The van der Waals surface area contributed by atoms with Crippen molar-refractivity contribution >= 4 is 83.3 Å². The maximum atomic E-state index is 7.45. The number of ether oxygens (including phenoxy) is 1. The zero-order chi connectivity index (χ0) is 51.0.